The lowest BCUT2D eigenvalue weighted by molar-refractivity contribution is -0.137. The average Bonchev–Trinajstić information content (AvgIpc) is 0.779. The van der Waals surface area contributed by atoms with Crippen molar-refractivity contribution in [2.24, 2.45) is 5.92 Å². The molecule has 16 rings (SSSR count). The number of piperidine rings is 1. The van der Waals surface area contributed by atoms with E-state index in [1.54, 1.807) is 122 Å². The summed E-state index contributed by atoms with van der Waals surface area (Å²) >= 11 is 17.9. The number of nitrogens with one attached hydrogen (secondary N) is 4. The number of benzene rings is 10. The lowest BCUT2D eigenvalue weighted by Gasteiger charge is -2.31. The number of aliphatic hydroxyl groups excluding tert-OH is 2. The predicted molar refractivity (Wildman–Crippen MR) is 515 cm³/mol. The lowest BCUT2D eigenvalue weighted by atomic mass is 9.78. The SMILES string of the molecule is CCC(C)c1nc2cc(C(=O)NO)ccc2c(=O)n1Cc1ccc(C(F)(F)F)cc1.COc1cc(OC)cc(OCCn2ccc3ccc(C(=O)CO)cc3c2=O)c1.O=C(CO)c1ccc2ccn(CCOc3cc(Cl)cc(Cl)c3)c(=O)c2c1.O=C(NO)c1ccc2ccn(CCC(c3ccc(Cl)cc3)C3CCNCC3)c(=O)c2c1.O=C(NO)c1ccc2ccn(Cc3c(F)cc(F)cc3F)c(=O)c2c1. The Balaban J connectivity index is 0.000000157. The number of alkyl halides is 3. The fourth-order valence-corrected chi connectivity index (χ4v) is 16.3. The molecule has 38 heteroatoms. The molecule has 0 spiro atoms. The highest BCUT2D eigenvalue weighted by atomic mass is 35.5. The number of ketones is 2. The second-order valence-corrected chi connectivity index (χ2v) is 33.5. The van der Waals surface area contributed by atoms with Crippen LogP contribution in [0.5, 0.6) is 23.0 Å². The molecule has 3 amide bonds. The van der Waals surface area contributed by atoms with E-state index in [1.165, 1.54) is 109 Å². The van der Waals surface area contributed by atoms with E-state index in [0.717, 1.165) is 70.2 Å². The fraction of sp³-hybridized carbons (Fsp3) is 0.225. The first-order valence-corrected chi connectivity index (χ1v) is 44.7. The molecule has 29 nitrogen and oxygen atoms in total. The lowest BCUT2D eigenvalue weighted by Crippen LogP contribution is -2.31. The topological polar surface area (TPSA) is 394 Å². The van der Waals surface area contributed by atoms with Crippen molar-refractivity contribution in [3.63, 3.8) is 0 Å². The van der Waals surface area contributed by atoms with Crippen LogP contribution in [0.4, 0.5) is 26.3 Å². The van der Waals surface area contributed by atoms with Gasteiger partial charge in [-0.2, -0.15) is 13.2 Å². The highest BCUT2D eigenvalue weighted by molar-refractivity contribution is 6.34. The molecule has 0 bridgehead atoms. The summed E-state index contributed by atoms with van der Waals surface area (Å²) in [5.74, 6) is -2.69. The van der Waals surface area contributed by atoms with Crippen molar-refractivity contribution in [3.8, 4) is 23.0 Å². The Bertz CT molecular complexity index is 7360. The highest BCUT2D eigenvalue weighted by Crippen LogP contribution is 2.37. The molecule has 2 atom stereocenters. The van der Waals surface area contributed by atoms with E-state index in [0.29, 0.717) is 133 Å². The van der Waals surface area contributed by atoms with E-state index >= 15 is 0 Å². The highest BCUT2D eigenvalue weighted by Gasteiger charge is 2.31. The zero-order valence-corrected chi connectivity index (χ0v) is 77.7. The van der Waals surface area contributed by atoms with E-state index in [2.05, 4.69) is 22.4 Å². The number of rotatable bonds is 28. The number of aryl methyl sites for hydroxylation is 1. The maximum absolute atomic E-state index is 13.8. The van der Waals surface area contributed by atoms with Crippen molar-refractivity contribution in [1.82, 2.24) is 49.6 Å². The number of ether oxygens (including phenoxy) is 4. The Labute approximate surface area is 808 Å². The number of fused-ring (bicyclic) bond motifs is 5. The third-order valence-electron chi connectivity index (χ3n) is 23.3. The molecular formula is C102H93Cl3F6N10O19. The van der Waals surface area contributed by atoms with Crippen molar-refractivity contribution < 1.29 is 95.1 Å². The Kier molecular flexibility index (Phi) is 35.8. The molecule has 140 heavy (non-hydrogen) atoms. The number of methoxy groups -OCH3 is 2. The third-order valence-corrected chi connectivity index (χ3v) is 24.0. The maximum Gasteiger partial charge on any atom is 0.416 e. The van der Waals surface area contributed by atoms with Crippen LogP contribution in [0.25, 0.3) is 54.0 Å². The second-order valence-electron chi connectivity index (χ2n) is 32.2. The minimum Gasteiger partial charge on any atom is -0.496 e. The molecule has 1 fully saturated rings. The average molecular weight is 1980 g/mol. The van der Waals surface area contributed by atoms with Crippen molar-refractivity contribution in [2.75, 3.05) is 53.7 Å². The Hall–Kier alpha value is -14.7. The van der Waals surface area contributed by atoms with Gasteiger partial charge < -0.3 is 52.7 Å². The third kappa shape index (κ3) is 26.2. The molecule has 0 saturated carbocycles. The molecule has 5 aromatic heterocycles. The number of nitrogens with zero attached hydrogens (tertiary/aromatic N) is 6. The van der Waals surface area contributed by atoms with Crippen molar-refractivity contribution >= 4 is 118 Å². The summed E-state index contributed by atoms with van der Waals surface area (Å²) in [6.07, 6.45) is 5.84. The van der Waals surface area contributed by atoms with Crippen LogP contribution in [0.2, 0.25) is 15.1 Å². The first kappa shape index (κ1) is 104. The van der Waals surface area contributed by atoms with Gasteiger partial charge in [-0.15, -0.1) is 0 Å². The molecule has 6 heterocycles. The monoisotopic (exact) mass is 1980 g/mol. The molecule has 0 radical (unpaired) electrons. The number of aliphatic hydroxyl groups is 2. The molecule has 728 valence electrons. The van der Waals surface area contributed by atoms with Crippen LogP contribution in [0.3, 0.4) is 0 Å². The van der Waals surface area contributed by atoms with Gasteiger partial charge in [0.05, 0.1) is 56.9 Å². The number of hydrogen-bond donors (Lipinski definition) is 9. The number of pyridine rings is 4. The summed E-state index contributed by atoms with van der Waals surface area (Å²) in [5, 5.41) is 53.9. The number of carbonyl (C=O) groups excluding carboxylic acids is 5. The second kappa shape index (κ2) is 48.1. The first-order valence-electron chi connectivity index (χ1n) is 43.5. The Morgan fingerprint density at radius 2 is 0.886 bits per heavy atom. The van der Waals surface area contributed by atoms with E-state index in [-0.39, 0.29) is 75.4 Å². The quantitative estimate of drug-likeness (QED) is 0.00951. The van der Waals surface area contributed by atoms with Crippen molar-refractivity contribution in [3.05, 3.63) is 377 Å². The predicted octanol–water partition coefficient (Wildman–Crippen LogP) is 16.5. The molecule has 1 aliphatic rings. The van der Waals surface area contributed by atoms with Crippen molar-refractivity contribution in [2.45, 2.75) is 90.3 Å². The Morgan fingerprint density at radius 1 is 0.471 bits per heavy atom. The number of aromatic nitrogens is 6. The van der Waals surface area contributed by atoms with Gasteiger partial charge in [0.15, 0.2) is 11.6 Å². The van der Waals surface area contributed by atoms with Gasteiger partial charge >= 0.3 is 6.18 Å². The summed E-state index contributed by atoms with van der Waals surface area (Å²) in [6, 6.07) is 53.8. The van der Waals surface area contributed by atoms with Crippen LogP contribution in [0.1, 0.15) is 131 Å². The largest absolute Gasteiger partial charge is 0.496 e. The number of hydroxylamine groups is 3. The molecule has 2 unspecified atom stereocenters. The minimum absolute atomic E-state index is 0.0454. The standard InChI is InChI=1S/C24H26ClN3O3.C21H20F3N3O3.C21H21NO6.C19H15Cl2NO4.C17H11F3N2O3/c25-20-5-3-16(4-6-20)21(18-7-11-26-12-8-18)10-14-28-13-9-17-1-2-19(23(29)27-31)15-22(17)24(28)30;1-3-12(2)18-25-17-10-14(19(28)26-30)6-9-16(17)20(29)27(18)11-13-4-7-15(8-5-13)21(22,23)24;1-26-16-10-17(27-2)12-18(11-16)28-8-7-22-6-5-14-3-4-15(20(24)13-23)9-19(14)21(22)25;20-14-8-15(21)10-16(9-14)26-6-5-22-4-3-12-1-2-13(18(24)11-23)7-17(12)19(22)25;18-11-6-14(19)13(15(20)7-11)8-22-4-3-9-1-2-10(16(23)21-25)5-12(9)17(22)24/h1-6,9,13,15,18,21,26,31H,7-8,10-12,14H2,(H,27,29);4-10,12,30H,3,11H2,1-2H3,(H,26,28);3-6,9-12,23H,7-8,13H2,1-2H3;1-4,7-10,23H,5-6,11H2;1-7,25H,8H2,(H,21,23). The van der Waals surface area contributed by atoms with Gasteiger partial charge in [0.2, 0.25) is 0 Å². The zero-order chi connectivity index (χ0) is 101. The van der Waals surface area contributed by atoms with Gasteiger partial charge in [-0.1, -0.05) is 109 Å². The summed E-state index contributed by atoms with van der Waals surface area (Å²) in [5.41, 5.74) is 5.02. The maximum atomic E-state index is 13.8. The molecular weight excluding hydrogens is 1890 g/mol. The van der Waals surface area contributed by atoms with Crippen LogP contribution in [0, 0.1) is 23.4 Å². The number of amides is 3. The summed E-state index contributed by atoms with van der Waals surface area (Å²) < 4.78 is 108. The van der Waals surface area contributed by atoms with Gasteiger partial charge in [-0.3, -0.25) is 68.1 Å². The van der Waals surface area contributed by atoms with Crippen LogP contribution in [0.15, 0.2) is 261 Å². The van der Waals surface area contributed by atoms with Crippen LogP contribution in [-0.4, -0.2) is 137 Å². The number of hydrogen-bond acceptors (Lipinski definition) is 21. The summed E-state index contributed by atoms with van der Waals surface area (Å²) in [4.78, 5) is 127. The van der Waals surface area contributed by atoms with Crippen LogP contribution in [-0.2, 0) is 38.9 Å². The van der Waals surface area contributed by atoms with Gasteiger partial charge in [0.25, 0.3) is 45.5 Å². The molecule has 0 aliphatic carbocycles. The molecule has 1 aliphatic heterocycles. The number of Topliss-reactive ketones (excluding diaryl/α,β-unsaturated/α-hetero) is 2. The summed E-state index contributed by atoms with van der Waals surface area (Å²) in [6.45, 7) is 6.02. The number of carbonyl (C=O) groups is 5. The van der Waals surface area contributed by atoms with Gasteiger partial charge in [-0.05, 0) is 205 Å². The van der Waals surface area contributed by atoms with E-state index in [9.17, 15) is 74.3 Å². The van der Waals surface area contributed by atoms with Gasteiger partial charge in [0, 0.05) is 138 Å². The van der Waals surface area contributed by atoms with Crippen LogP contribution < -0.4 is 68.5 Å². The van der Waals surface area contributed by atoms with E-state index in [4.69, 9.17) is 79.6 Å². The molecule has 9 N–H and O–H groups in total. The molecule has 10 aromatic carbocycles. The van der Waals surface area contributed by atoms with Crippen LogP contribution >= 0.6 is 34.8 Å². The van der Waals surface area contributed by atoms with Gasteiger partial charge in [-0.25, -0.2) is 34.6 Å². The minimum atomic E-state index is -4.43. The zero-order valence-electron chi connectivity index (χ0n) is 75.4. The molecule has 15 aromatic rings. The summed E-state index contributed by atoms with van der Waals surface area (Å²) in [7, 11) is 3.12. The first-order chi connectivity index (χ1) is 67.1. The fourth-order valence-electron chi connectivity index (χ4n) is 15.7. The smallest absolute Gasteiger partial charge is 0.416 e. The Morgan fingerprint density at radius 3 is 1.33 bits per heavy atom. The number of halogens is 9. The van der Waals surface area contributed by atoms with Crippen molar-refractivity contribution in [1.29, 1.82) is 0 Å². The van der Waals surface area contributed by atoms with Gasteiger partial charge in [0.1, 0.15) is 72.7 Å². The van der Waals surface area contributed by atoms with E-state index in [1.807, 2.05) is 38.2 Å². The van der Waals surface area contributed by atoms with E-state index < -0.39 is 89.4 Å². The normalized spacial score (nSPS) is 12.3. The molecule has 1 saturated heterocycles.